The number of rotatable bonds is 4. The van der Waals surface area contributed by atoms with Crippen molar-refractivity contribution in [2.45, 2.75) is 0 Å². The first-order valence-corrected chi connectivity index (χ1v) is 17.7. The molecule has 0 spiro atoms. The first-order valence-electron chi connectivity index (χ1n) is 16.8. The maximum absolute atomic E-state index is 6.91. The molecule has 0 radical (unpaired) electrons. The van der Waals surface area contributed by atoms with Gasteiger partial charge < -0.3 is 13.7 Å². The van der Waals surface area contributed by atoms with Crippen LogP contribution in [0.15, 0.2) is 173 Å². The average Bonchev–Trinajstić information content (AvgIpc) is 3.87. The quantitative estimate of drug-likeness (QED) is 0.189. The summed E-state index contributed by atoms with van der Waals surface area (Å²) in [4.78, 5) is 2.34. The van der Waals surface area contributed by atoms with Crippen LogP contribution in [0.2, 0.25) is 0 Å². The predicted molar refractivity (Wildman–Crippen MR) is 212 cm³/mol. The second kappa shape index (κ2) is 10.6. The molecule has 3 aromatic heterocycles. The fourth-order valence-corrected chi connectivity index (χ4v) is 8.90. The molecular weight excluding hydrogens is 631 g/mol. The number of anilines is 3. The van der Waals surface area contributed by atoms with Gasteiger partial charge in [0.15, 0.2) is 0 Å². The highest BCUT2D eigenvalue weighted by Crippen LogP contribution is 2.47. The molecule has 0 amide bonds. The summed E-state index contributed by atoms with van der Waals surface area (Å²) in [5.74, 6) is 0. The van der Waals surface area contributed by atoms with Gasteiger partial charge in [0.2, 0.25) is 0 Å². The van der Waals surface area contributed by atoms with Crippen LogP contribution < -0.4 is 4.90 Å². The smallest absolute Gasteiger partial charge is 0.147 e. The highest BCUT2D eigenvalue weighted by molar-refractivity contribution is 7.25. The molecule has 234 valence electrons. The van der Waals surface area contributed by atoms with Gasteiger partial charge in [0.25, 0.3) is 0 Å². The number of hydrogen-bond donors (Lipinski definition) is 0. The van der Waals surface area contributed by atoms with Crippen LogP contribution in [-0.2, 0) is 0 Å². The standard InChI is InChI=1S/C46H27NO2S/c1-2-10-28(11-3-1)29-18-20-30(21-19-29)47(32-22-24-34-33-12-7-9-17-41(33)50-42(34)27-32)31-23-25-38-40(26-31)49-46-43(38)35-13-4-5-14-36(35)45-44(46)37-15-6-8-16-39(37)48-45/h1-27H. The van der Waals surface area contributed by atoms with Crippen molar-refractivity contribution >= 4 is 103 Å². The van der Waals surface area contributed by atoms with Crippen LogP contribution in [0, 0.1) is 0 Å². The van der Waals surface area contributed by atoms with Crippen LogP contribution in [0.4, 0.5) is 17.1 Å². The molecule has 50 heavy (non-hydrogen) atoms. The Labute approximate surface area is 290 Å². The highest BCUT2D eigenvalue weighted by atomic mass is 32.1. The van der Waals surface area contributed by atoms with E-state index in [1.807, 2.05) is 23.5 Å². The second-order valence-corrected chi connectivity index (χ2v) is 13.9. The highest BCUT2D eigenvalue weighted by Gasteiger charge is 2.22. The largest absolute Gasteiger partial charge is 0.455 e. The van der Waals surface area contributed by atoms with Gasteiger partial charge in [0, 0.05) is 64.8 Å². The SMILES string of the molecule is c1ccc(-c2ccc(N(c3ccc4c(c3)oc3c4c4ccccc4c4oc5ccccc5c43)c3ccc4c(c3)sc3ccccc34)cc2)cc1. The lowest BCUT2D eigenvalue weighted by atomic mass is 9.99. The summed E-state index contributed by atoms with van der Waals surface area (Å²) in [6.07, 6.45) is 0. The van der Waals surface area contributed by atoms with Crippen molar-refractivity contribution in [3.63, 3.8) is 0 Å². The molecule has 3 heterocycles. The number of furan rings is 2. The Balaban J connectivity index is 1.15. The van der Waals surface area contributed by atoms with Crippen LogP contribution in [0.25, 0.3) is 85.9 Å². The summed E-state index contributed by atoms with van der Waals surface area (Å²) in [5.41, 5.74) is 9.03. The lowest BCUT2D eigenvalue weighted by Crippen LogP contribution is -2.09. The summed E-state index contributed by atoms with van der Waals surface area (Å²) in [6, 6.07) is 58.3. The van der Waals surface area contributed by atoms with Gasteiger partial charge in [-0.05, 0) is 65.0 Å². The third kappa shape index (κ3) is 4.03. The van der Waals surface area contributed by atoms with Crippen molar-refractivity contribution in [1.29, 1.82) is 0 Å². The maximum Gasteiger partial charge on any atom is 0.147 e. The topological polar surface area (TPSA) is 29.5 Å². The molecule has 0 atom stereocenters. The number of hydrogen-bond acceptors (Lipinski definition) is 4. The Bertz CT molecular complexity index is 3090. The predicted octanol–water partition coefficient (Wildman–Crippen LogP) is 14.1. The van der Waals surface area contributed by atoms with Crippen LogP contribution in [-0.4, -0.2) is 0 Å². The van der Waals surface area contributed by atoms with Crippen molar-refractivity contribution in [2.24, 2.45) is 0 Å². The van der Waals surface area contributed by atoms with E-state index in [0.717, 1.165) is 71.7 Å². The molecule has 11 rings (SSSR count). The molecule has 0 aliphatic carbocycles. The molecule has 0 saturated carbocycles. The van der Waals surface area contributed by atoms with Gasteiger partial charge in [-0.3, -0.25) is 0 Å². The van der Waals surface area contributed by atoms with Crippen molar-refractivity contribution < 1.29 is 8.83 Å². The molecule has 4 heteroatoms. The first kappa shape index (κ1) is 27.6. The lowest BCUT2D eigenvalue weighted by Gasteiger charge is -2.26. The molecule has 11 aromatic rings. The van der Waals surface area contributed by atoms with Crippen molar-refractivity contribution in [2.75, 3.05) is 4.90 Å². The van der Waals surface area contributed by atoms with Gasteiger partial charge in [-0.1, -0.05) is 109 Å². The van der Waals surface area contributed by atoms with E-state index in [0.29, 0.717) is 0 Å². The molecule has 3 nitrogen and oxygen atoms in total. The number of benzene rings is 8. The molecule has 0 aliphatic heterocycles. The van der Waals surface area contributed by atoms with Crippen LogP contribution in [0.3, 0.4) is 0 Å². The van der Waals surface area contributed by atoms with E-state index in [-0.39, 0.29) is 0 Å². The zero-order chi connectivity index (χ0) is 32.8. The Morgan fingerprint density at radius 2 is 0.940 bits per heavy atom. The number of thiophene rings is 1. The second-order valence-electron chi connectivity index (χ2n) is 12.9. The summed E-state index contributed by atoms with van der Waals surface area (Å²) in [7, 11) is 0. The maximum atomic E-state index is 6.91. The zero-order valence-corrected chi connectivity index (χ0v) is 27.6. The van der Waals surface area contributed by atoms with Gasteiger partial charge >= 0.3 is 0 Å². The molecule has 0 saturated heterocycles. The van der Waals surface area contributed by atoms with Gasteiger partial charge in [-0.2, -0.15) is 0 Å². The number of para-hydroxylation sites is 1. The molecule has 0 fully saturated rings. The third-order valence-electron chi connectivity index (χ3n) is 10.0. The molecular formula is C46H27NO2S. The fraction of sp³-hybridized carbons (Fsp3) is 0. The van der Waals surface area contributed by atoms with Crippen LogP contribution in [0.5, 0.6) is 0 Å². The summed E-state index contributed by atoms with van der Waals surface area (Å²) in [5, 5.41) is 9.10. The van der Waals surface area contributed by atoms with Crippen molar-refractivity contribution in [3.05, 3.63) is 164 Å². The van der Waals surface area contributed by atoms with Gasteiger partial charge in [0.05, 0.1) is 5.39 Å². The Morgan fingerprint density at radius 3 is 1.78 bits per heavy atom. The number of nitrogens with zero attached hydrogens (tertiary/aromatic N) is 1. The molecule has 0 N–H and O–H groups in total. The summed E-state index contributed by atoms with van der Waals surface area (Å²) < 4.78 is 15.9. The minimum Gasteiger partial charge on any atom is -0.455 e. The minimum atomic E-state index is 0.842. The van der Waals surface area contributed by atoms with E-state index >= 15 is 0 Å². The van der Waals surface area contributed by atoms with E-state index in [4.69, 9.17) is 8.83 Å². The van der Waals surface area contributed by atoms with E-state index in [1.165, 1.54) is 31.3 Å². The number of fused-ring (bicyclic) bond motifs is 13. The minimum absolute atomic E-state index is 0.842. The fourth-order valence-electron chi connectivity index (χ4n) is 7.76. The van der Waals surface area contributed by atoms with Gasteiger partial charge in [-0.25, -0.2) is 0 Å². The normalized spacial score (nSPS) is 12.0. The summed E-state index contributed by atoms with van der Waals surface area (Å²) in [6.45, 7) is 0. The van der Waals surface area contributed by atoms with Gasteiger partial charge in [0.1, 0.15) is 22.3 Å². The van der Waals surface area contributed by atoms with E-state index in [2.05, 4.69) is 157 Å². The Kier molecular flexibility index (Phi) is 5.83. The Hall–Kier alpha value is -6.36. The first-order chi connectivity index (χ1) is 24.8. The van der Waals surface area contributed by atoms with E-state index < -0.39 is 0 Å². The molecule has 0 unspecified atom stereocenters. The average molecular weight is 658 g/mol. The van der Waals surface area contributed by atoms with E-state index in [9.17, 15) is 0 Å². The Morgan fingerprint density at radius 1 is 0.360 bits per heavy atom. The molecule has 8 aromatic carbocycles. The summed E-state index contributed by atoms with van der Waals surface area (Å²) >= 11 is 1.84. The third-order valence-corrected chi connectivity index (χ3v) is 11.2. The monoisotopic (exact) mass is 657 g/mol. The van der Waals surface area contributed by atoms with Crippen LogP contribution >= 0.6 is 11.3 Å². The molecule has 0 aliphatic rings. The lowest BCUT2D eigenvalue weighted by molar-refractivity contribution is 0.665. The molecule has 0 bridgehead atoms. The van der Waals surface area contributed by atoms with Crippen LogP contribution in [0.1, 0.15) is 0 Å². The van der Waals surface area contributed by atoms with E-state index in [1.54, 1.807) is 0 Å². The van der Waals surface area contributed by atoms with Crippen molar-refractivity contribution in [3.8, 4) is 11.1 Å². The van der Waals surface area contributed by atoms with Crippen molar-refractivity contribution in [1.82, 2.24) is 0 Å². The zero-order valence-electron chi connectivity index (χ0n) is 26.8. The van der Waals surface area contributed by atoms with Gasteiger partial charge in [-0.15, -0.1) is 11.3 Å².